The van der Waals surface area contributed by atoms with Crippen molar-refractivity contribution in [3.8, 4) is 0 Å². The Kier molecular flexibility index (Phi) is 8.20. The summed E-state index contributed by atoms with van der Waals surface area (Å²) in [6.45, 7) is 0. The molecule has 0 bridgehead atoms. The molecular weight excluding hydrogens is 349 g/mol. The number of nitrogens with one attached hydrogen (secondary N) is 1. The van der Waals surface area contributed by atoms with Gasteiger partial charge in [-0.3, -0.25) is 14.4 Å². The Bertz CT molecular complexity index is 660. The van der Waals surface area contributed by atoms with Crippen LogP contribution in [0.15, 0.2) is 24.3 Å². The van der Waals surface area contributed by atoms with Crippen LogP contribution in [-0.4, -0.2) is 51.2 Å². The Morgan fingerprint density at radius 2 is 1.54 bits per heavy atom. The smallest absolute Gasteiger partial charge is 0.329 e. The van der Waals surface area contributed by atoms with E-state index in [2.05, 4.69) is 19.5 Å². The number of benzene rings is 1. The molecule has 0 aliphatic heterocycles. The quantitative estimate of drug-likeness (QED) is 0.521. The molecule has 0 spiro atoms. The van der Waals surface area contributed by atoms with Gasteiger partial charge in [0.15, 0.2) is 0 Å². The van der Waals surface area contributed by atoms with E-state index in [-0.39, 0.29) is 6.42 Å². The molecule has 0 aliphatic rings. The first-order chi connectivity index (χ1) is 12.3. The van der Waals surface area contributed by atoms with Crippen LogP contribution < -0.4 is 5.32 Å². The summed E-state index contributed by atoms with van der Waals surface area (Å²) in [5.41, 5.74) is 0.495. The number of esters is 3. The first-order valence-corrected chi connectivity index (χ1v) is 7.58. The topological polar surface area (TPSA) is 108 Å². The lowest BCUT2D eigenvalue weighted by Crippen LogP contribution is -2.50. The van der Waals surface area contributed by atoms with Gasteiger partial charge in [0.2, 0.25) is 5.91 Å². The molecule has 26 heavy (non-hydrogen) atoms. The van der Waals surface area contributed by atoms with Crippen LogP contribution >= 0.6 is 0 Å². The third kappa shape index (κ3) is 6.15. The summed E-state index contributed by atoms with van der Waals surface area (Å²) in [6.07, 6.45) is -0.653. The van der Waals surface area contributed by atoms with Gasteiger partial charge in [0.05, 0.1) is 40.1 Å². The minimum Gasteiger partial charge on any atom is -0.469 e. The zero-order valence-electron chi connectivity index (χ0n) is 14.6. The average molecular weight is 369 g/mol. The van der Waals surface area contributed by atoms with Gasteiger partial charge in [0.25, 0.3) is 0 Å². The van der Waals surface area contributed by atoms with E-state index in [1.54, 1.807) is 0 Å². The molecule has 8 nitrogen and oxygen atoms in total. The molecule has 2 atom stereocenters. The van der Waals surface area contributed by atoms with Gasteiger partial charge in [-0.25, -0.2) is 9.18 Å². The standard InChI is InChI=1S/C17H20FNO7/c1-24-14(21)9-12(16(22)25-2)15(17(23)26-3)19-13(20)8-10-4-6-11(18)7-5-10/h4-7,12,15H,8-9H2,1-3H3,(H,19,20)/t12-,15-/m1/s1. The second kappa shape index (κ2) is 10.1. The highest BCUT2D eigenvalue weighted by atomic mass is 19.1. The second-order valence-corrected chi connectivity index (χ2v) is 5.28. The molecular formula is C17H20FNO7. The van der Waals surface area contributed by atoms with Gasteiger partial charge < -0.3 is 19.5 Å². The molecule has 142 valence electrons. The van der Waals surface area contributed by atoms with E-state index in [4.69, 9.17) is 0 Å². The summed E-state index contributed by atoms with van der Waals surface area (Å²) >= 11 is 0. The number of carbonyl (C=O) groups is 4. The van der Waals surface area contributed by atoms with Crippen molar-refractivity contribution in [2.75, 3.05) is 21.3 Å². The number of halogens is 1. The van der Waals surface area contributed by atoms with Gasteiger partial charge in [0.1, 0.15) is 11.9 Å². The van der Waals surface area contributed by atoms with Gasteiger partial charge in [-0.1, -0.05) is 12.1 Å². The average Bonchev–Trinajstić information content (AvgIpc) is 2.64. The third-order valence-electron chi connectivity index (χ3n) is 3.57. The maximum Gasteiger partial charge on any atom is 0.329 e. The summed E-state index contributed by atoms with van der Waals surface area (Å²) in [6, 6.07) is 3.76. The molecule has 0 aromatic heterocycles. The third-order valence-corrected chi connectivity index (χ3v) is 3.57. The number of hydrogen-bond acceptors (Lipinski definition) is 7. The van der Waals surface area contributed by atoms with E-state index in [9.17, 15) is 23.6 Å². The van der Waals surface area contributed by atoms with Crippen molar-refractivity contribution >= 4 is 23.8 Å². The van der Waals surface area contributed by atoms with Crippen LogP contribution in [0.3, 0.4) is 0 Å². The maximum atomic E-state index is 12.9. The van der Waals surface area contributed by atoms with E-state index >= 15 is 0 Å². The van der Waals surface area contributed by atoms with E-state index < -0.39 is 48.0 Å². The second-order valence-electron chi connectivity index (χ2n) is 5.28. The van der Waals surface area contributed by atoms with Gasteiger partial charge in [-0.05, 0) is 17.7 Å². The zero-order chi connectivity index (χ0) is 19.7. The van der Waals surface area contributed by atoms with E-state index in [1.165, 1.54) is 24.3 Å². The molecule has 0 saturated carbocycles. The lowest BCUT2D eigenvalue weighted by atomic mass is 9.95. The fourth-order valence-corrected chi connectivity index (χ4v) is 2.21. The van der Waals surface area contributed by atoms with Crippen LogP contribution in [0.1, 0.15) is 12.0 Å². The minimum atomic E-state index is -1.44. The Balaban J connectivity index is 2.96. The number of carbonyl (C=O) groups excluding carboxylic acids is 4. The van der Waals surface area contributed by atoms with Crippen LogP contribution in [-0.2, 0) is 39.8 Å². The predicted molar refractivity (Wildman–Crippen MR) is 86.2 cm³/mol. The Hall–Kier alpha value is -2.97. The van der Waals surface area contributed by atoms with Gasteiger partial charge in [0, 0.05) is 0 Å². The summed E-state index contributed by atoms with van der Waals surface area (Å²) < 4.78 is 26.6. The number of hydrogen-bond donors (Lipinski definition) is 1. The van der Waals surface area contributed by atoms with Crippen LogP contribution in [0.25, 0.3) is 0 Å². The normalized spacial score (nSPS) is 12.5. The molecule has 0 aliphatic carbocycles. The monoisotopic (exact) mass is 369 g/mol. The summed E-state index contributed by atoms with van der Waals surface area (Å²) in [5, 5.41) is 2.36. The van der Waals surface area contributed by atoms with Crippen molar-refractivity contribution in [2.45, 2.75) is 18.9 Å². The van der Waals surface area contributed by atoms with Crippen molar-refractivity contribution in [2.24, 2.45) is 5.92 Å². The summed E-state index contributed by atoms with van der Waals surface area (Å²) in [7, 11) is 3.28. The number of methoxy groups -OCH3 is 3. The minimum absolute atomic E-state index is 0.167. The molecule has 1 aromatic carbocycles. The molecule has 1 N–H and O–H groups in total. The van der Waals surface area contributed by atoms with E-state index in [1.807, 2.05) is 0 Å². The fourth-order valence-electron chi connectivity index (χ4n) is 2.21. The number of rotatable bonds is 8. The van der Waals surface area contributed by atoms with Gasteiger partial charge >= 0.3 is 17.9 Å². The van der Waals surface area contributed by atoms with Crippen LogP contribution in [0.4, 0.5) is 4.39 Å². The highest BCUT2D eigenvalue weighted by Crippen LogP contribution is 2.15. The molecule has 9 heteroatoms. The molecule has 1 amide bonds. The number of ether oxygens (including phenoxy) is 3. The zero-order valence-corrected chi connectivity index (χ0v) is 14.6. The first-order valence-electron chi connectivity index (χ1n) is 7.58. The Morgan fingerprint density at radius 1 is 0.962 bits per heavy atom. The van der Waals surface area contributed by atoms with Crippen LogP contribution in [0, 0.1) is 11.7 Å². The van der Waals surface area contributed by atoms with Gasteiger partial charge in [-0.15, -0.1) is 0 Å². The largest absolute Gasteiger partial charge is 0.469 e. The molecule has 1 aromatic rings. The van der Waals surface area contributed by atoms with Crippen molar-refractivity contribution in [3.63, 3.8) is 0 Å². The predicted octanol–water partition coefficient (Wildman–Crippen LogP) is 0.378. The summed E-state index contributed by atoms with van der Waals surface area (Å²) in [5.74, 6) is -4.96. The van der Waals surface area contributed by atoms with E-state index in [0.717, 1.165) is 21.3 Å². The van der Waals surface area contributed by atoms with Crippen molar-refractivity contribution in [1.29, 1.82) is 0 Å². The van der Waals surface area contributed by atoms with Gasteiger partial charge in [-0.2, -0.15) is 0 Å². The molecule has 0 unspecified atom stereocenters. The summed E-state index contributed by atoms with van der Waals surface area (Å²) in [4.78, 5) is 47.8. The van der Waals surface area contributed by atoms with Crippen molar-refractivity contribution in [1.82, 2.24) is 5.32 Å². The SMILES string of the molecule is COC(=O)C[C@@H](C(=O)OC)[C@@H](NC(=O)Cc1ccc(F)cc1)C(=O)OC. The van der Waals surface area contributed by atoms with Crippen LogP contribution in [0.5, 0.6) is 0 Å². The molecule has 0 heterocycles. The highest BCUT2D eigenvalue weighted by Gasteiger charge is 2.38. The van der Waals surface area contributed by atoms with Crippen molar-refractivity contribution in [3.05, 3.63) is 35.6 Å². The lowest BCUT2D eigenvalue weighted by molar-refractivity contribution is -0.159. The fraction of sp³-hybridized carbons (Fsp3) is 0.412. The Labute approximate surface area is 149 Å². The number of amides is 1. The molecule has 1 rings (SSSR count). The van der Waals surface area contributed by atoms with E-state index in [0.29, 0.717) is 5.56 Å². The first kappa shape index (κ1) is 21.1. The maximum absolute atomic E-state index is 12.9. The molecule has 0 saturated heterocycles. The highest BCUT2D eigenvalue weighted by molar-refractivity contribution is 5.91. The van der Waals surface area contributed by atoms with Crippen LogP contribution in [0.2, 0.25) is 0 Å². The van der Waals surface area contributed by atoms with Crippen molar-refractivity contribution < 1.29 is 37.8 Å². The molecule has 0 radical (unpaired) electrons. The Morgan fingerprint density at radius 3 is 2.04 bits per heavy atom. The molecule has 0 fully saturated rings. The lowest BCUT2D eigenvalue weighted by Gasteiger charge is -2.23.